The lowest BCUT2D eigenvalue weighted by atomic mass is 10.2. The van der Waals surface area contributed by atoms with E-state index < -0.39 is 6.10 Å². The largest absolute Gasteiger partial charge is 0.476 e. The minimum Gasteiger partial charge on any atom is -0.476 e. The summed E-state index contributed by atoms with van der Waals surface area (Å²) in [6.07, 6.45) is -0.428. The normalized spacial score (nSPS) is 11.8. The maximum absolute atomic E-state index is 8.54. The van der Waals surface area contributed by atoms with Crippen molar-refractivity contribution in [2.75, 3.05) is 5.73 Å². The van der Waals surface area contributed by atoms with Crippen molar-refractivity contribution in [3.63, 3.8) is 0 Å². The van der Waals surface area contributed by atoms with Crippen molar-refractivity contribution in [3.8, 4) is 11.8 Å². The van der Waals surface area contributed by atoms with Gasteiger partial charge in [-0.1, -0.05) is 0 Å². The van der Waals surface area contributed by atoms with Crippen molar-refractivity contribution in [1.29, 1.82) is 5.26 Å². The van der Waals surface area contributed by atoms with Crippen molar-refractivity contribution >= 4 is 5.69 Å². The highest BCUT2D eigenvalue weighted by Gasteiger charge is 2.04. The first-order valence-corrected chi connectivity index (χ1v) is 4.06. The molecule has 1 unspecified atom stereocenters. The third kappa shape index (κ3) is 2.38. The fraction of sp³-hybridized carbons (Fsp3) is 0.300. The van der Waals surface area contributed by atoms with Crippen LogP contribution in [0.1, 0.15) is 12.5 Å². The number of hydrogen-bond donors (Lipinski definition) is 1. The van der Waals surface area contributed by atoms with Gasteiger partial charge in [0.15, 0.2) is 6.10 Å². The Morgan fingerprint density at radius 1 is 1.54 bits per heavy atom. The van der Waals surface area contributed by atoms with E-state index in [9.17, 15) is 0 Å². The van der Waals surface area contributed by atoms with Gasteiger partial charge in [-0.15, -0.1) is 0 Å². The molecule has 0 aliphatic rings. The SMILES string of the molecule is Cc1cc(N)ccc1OC(C)C#N. The summed E-state index contributed by atoms with van der Waals surface area (Å²) >= 11 is 0. The van der Waals surface area contributed by atoms with E-state index in [4.69, 9.17) is 15.7 Å². The molecular formula is C10H12N2O. The fourth-order valence-corrected chi connectivity index (χ4v) is 1.02. The molecule has 0 bridgehead atoms. The molecule has 0 aliphatic carbocycles. The summed E-state index contributed by atoms with van der Waals surface area (Å²) in [4.78, 5) is 0. The molecule has 13 heavy (non-hydrogen) atoms. The van der Waals surface area contributed by atoms with E-state index in [1.54, 1.807) is 19.1 Å². The lowest BCUT2D eigenvalue weighted by molar-refractivity contribution is 0.274. The van der Waals surface area contributed by atoms with Gasteiger partial charge in [-0.3, -0.25) is 0 Å². The Hall–Kier alpha value is -1.69. The van der Waals surface area contributed by atoms with Crippen LogP contribution in [0, 0.1) is 18.3 Å². The maximum Gasteiger partial charge on any atom is 0.181 e. The Kier molecular flexibility index (Phi) is 2.76. The molecule has 0 amide bonds. The van der Waals surface area contributed by atoms with Crippen LogP contribution in [-0.4, -0.2) is 6.10 Å². The molecule has 0 saturated heterocycles. The second kappa shape index (κ2) is 3.81. The lowest BCUT2D eigenvalue weighted by Crippen LogP contribution is -2.09. The first-order valence-electron chi connectivity index (χ1n) is 4.06. The standard InChI is InChI=1S/C10H12N2O/c1-7-5-9(12)3-4-10(7)13-8(2)6-11/h3-5,8H,12H2,1-2H3. The first kappa shape index (κ1) is 9.40. The molecule has 2 N–H and O–H groups in total. The summed E-state index contributed by atoms with van der Waals surface area (Å²) in [6, 6.07) is 7.35. The van der Waals surface area contributed by atoms with Crippen LogP contribution < -0.4 is 10.5 Å². The van der Waals surface area contributed by atoms with Crippen LogP contribution in [0.2, 0.25) is 0 Å². The third-order valence-electron chi connectivity index (χ3n) is 1.68. The highest BCUT2D eigenvalue weighted by Crippen LogP contribution is 2.20. The highest BCUT2D eigenvalue weighted by molar-refractivity contribution is 5.47. The van der Waals surface area contributed by atoms with Crippen LogP contribution >= 0.6 is 0 Å². The van der Waals surface area contributed by atoms with Crippen LogP contribution in [0.15, 0.2) is 18.2 Å². The van der Waals surface area contributed by atoms with Crippen molar-refractivity contribution < 1.29 is 4.74 Å². The second-order valence-corrected chi connectivity index (χ2v) is 2.91. The van der Waals surface area contributed by atoms with E-state index in [2.05, 4.69) is 0 Å². The fourth-order valence-electron chi connectivity index (χ4n) is 1.02. The minimum absolute atomic E-state index is 0.428. The van der Waals surface area contributed by atoms with E-state index in [-0.39, 0.29) is 0 Å². The van der Waals surface area contributed by atoms with Gasteiger partial charge >= 0.3 is 0 Å². The summed E-state index contributed by atoms with van der Waals surface area (Å²) in [5, 5.41) is 8.54. The van der Waals surface area contributed by atoms with Crippen molar-refractivity contribution in [1.82, 2.24) is 0 Å². The zero-order chi connectivity index (χ0) is 9.84. The number of nitrogen functional groups attached to an aromatic ring is 1. The number of nitrogens with two attached hydrogens (primary N) is 1. The van der Waals surface area contributed by atoms with Gasteiger partial charge in [0, 0.05) is 5.69 Å². The Labute approximate surface area is 77.7 Å². The molecule has 0 radical (unpaired) electrons. The predicted octanol–water partition coefficient (Wildman–Crippen LogP) is 1.87. The molecule has 0 spiro atoms. The number of nitriles is 1. The zero-order valence-corrected chi connectivity index (χ0v) is 7.74. The summed E-state index contributed by atoms with van der Waals surface area (Å²) in [5.74, 6) is 0.711. The van der Waals surface area contributed by atoms with Gasteiger partial charge < -0.3 is 10.5 Å². The van der Waals surface area contributed by atoms with Crippen molar-refractivity contribution in [2.45, 2.75) is 20.0 Å². The molecule has 0 aromatic heterocycles. The molecule has 1 aromatic rings. The van der Waals surface area contributed by atoms with E-state index in [0.717, 1.165) is 5.56 Å². The average molecular weight is 176 g/mol. The van der Waals surface area contributed by atoms with Crippen LogP contribution in [0.25, 0.3) is 0 Å². The lowest BCUT2D eigenvalue weighted by Gasteiger charge is -2.10. The Bertz CT molecular complexity index is 341. The molecule has 0 aliphatic heterocycles. The molecule has 0 heterocycles. The van der Waals surface area contributed by atoms with Crippen LogP contribution in [0.3, 0.4) is 0 Å². The van der Waals surface area contributed by atoms with Gasteiger partial charge in [0.05, 0.1) is 0 Å². The van der Waals surface area contributed by atoms with Gasteiger partial charge in [0.25, 0.3) is 0 Å². The van der Waals surface area contributed by atoms with Gasteiger partial charge in [-0.25, -0.2) is 0 Å². The Morgan fingerprint density at radius 2 is 2.23 bits per heavy atom. The molecule has 1 aromatic carbocycles. The van der Waals surface area contributed by atoms with Crippen LogP contribution in [0.4, 0.5) is 5.69 Å². The summed E-state index contributed by atoms with van der Waals surface area (Å²) in [5.41, 5.74) is 7.22. The molecule has 1 atom stereocenters. The molecule has 0 fully saturated rings. The zero-order valence-electron chi connectivity index (χ0n) is 7.74. The van der Waals surface area contributed by atoms with E-state index >= 15 is 0 Å². The molecule has 0 saturated carbocycles. The molecular weight excluding hydrogens is 164 g/mol. The van der Waals surface area contributed by atoms with Crippen LogP contribution in [-0.2, 0) is 0 Å². The summed E-state index contributed by atoms with van der Waals surface area (Å²) in [7, 11) is 0. The molecule has 3 nitrogen and oxygen atoms in total. The van der Waals surface area contributed by atoms with Gasteiger partial charge in [0.1, 0.15) is 11.8 Å². The summed E-state index contributed by atoms with van der Waals surface area (Å²) < 4.78 is 5.33. The van der Waals surface area contributed by atoms with Gasteiger partial charge in [-0.2, -0.15) is 5.26 Å². The van der Waals surface area contributed by atoms with E-state index in [1.165, 1.54) is 0 Å². The molecule has 1 rings (SSSR count). The monoisotopic (exact) mass is 176 g/mol. The quantitative estimate of drug-likeness (QED) is 0.700. The number of aryl methyl sites for hydroxylation is 1. The molecule has 68 valence electrons. The highest BCUT2D eigenvalue weighted by atomic mass is 16.5. The number of ether oxygens (including phenoxy) is 1. The Morgan fingerprint density at radius 3 is 2.77 bits per heavy atom. The number of benzene rings is 1. The number of rotatable bonds is 2. The topological polar surface area (TPSA) is 59.0 Å². The Balaban J connectivity index is 2.85. The predicted molar refractivity (Wildman–Crippen MR) is 51.3 cm³/mol. The van der Waals surface area contributed by atoms with E-state index in [0.29, 0.717) is 11.4 Å². The van der Waals surface area contributed by atoms with Crippen LogP contribution in [0.5, 0.6) is 5.75 Å². The second-order valence-electron chi connectivity index (χ2n) is 2.91. The average Bonchev–Trinajstić information content (AvgIpc) is 2.09. The minimum atomic E-state index is -0.428. The van der Waals surface area contributed by atoms with Gasteiger partial charge in [-0.05, 0) is 37.6 Å². The summed E-state index contributed by atoms with van der Waals surface area (Å²) in [6.45, 7) is 3.60. The first-order chi connectivity index (χ1) is 6.13. The van der Waals surface area contributed by atoms with Crippen molar-refractivity contribution in [3.05, 3.63) is 23.8 Å². The molecule has 3 heteroatoms. The number of nitrogens with zero attached hydrogens (tertiary/aromatic N) is 1. The smallest absolute Gasteiger partial charge is 0.181 e. The van der Waals surface area contributed by atoms with Gasteiger partial charge in [0.2, 0.25) is 0 Å². The van der Waals surface area contributed by atoms with Crippen molar-refractivity contribution in [2.24, 2.45) is 0 Å². The third-order valence-corrected chi connectivity index (χ3v) is 1.68. The number of anilines is 1. The number of hydrogen-bond acceptors (Lipinski definition) is 3. The maximum atomic E-state index is 8.54. The van der Waals surface area contributed by atoms with E-state index in [1.807, 2.05) is 19.1 Å².